The van der Waals surface area contributed by atoms with Crippen LogP contribution in [0.25, 0.3) is 0 Å². The van der Waals surface area contributed by atoms with Gasteiger partial charge in [-0.1, -0.05) is 12.1 Å². The molecule has 3 aromatic carbocycles. The number of anilines is 2. The van der Waals surface area contributed by atoms with Crippen LogP contribution < -0.4 is 20.1 Å². The molecule has 3 aromatic rings. The number of methoxy groups -OCH3 is 1. The molecule has 0 spiro atoms. The highest BCUT2D eigenvalue weighted by Crippen LogP contribution is 2.30. The Hall–Kier alpha value is -4.01. The zero-order valence-electron chi connectivity index (χ0n) is 16.9. The van der Waals surface area contributed by atoms with E-state index < -0.39 is 17.6 Å². The van der Waals surface area contributed by atoms with Gasteiger partial charge in [-0.3, -0.25) is 9.59 Å². The number of benzene rings is 3. The van der Waals surface area contributed by atoms with Gasteiger partial charge in [-0.25, -0.2) is 0 Å². The topological polar surface area (TPSA) is 76.7 Å². The minimum absolute atomic E-state index is 0.0272. The summed E-state index contributed by atoms with van der Waals surface area (Å²) in [6.45, 7) is -0.257. The number of hydrogen-bond acceptors (Lipinski definition) is 4. The summed E-state index contributed by atoms with van der Waals surface area (Å²) in [6, 6.07) is 17.1. The predicted octanol–water partition coefficient (Wildman–Crippen LogP) is 4.98. The summed E-state index contributed by atoms with van der Waals surface area (Å²) in [6.07, 6.45) is -4.50. The predicted molar refractivity (Wildman–Crippen MR) is 113 cm³/mol. The van der Waals surface area contributed by atoms with Crippen molar-refractivity contribution in [1.29, 1.82) is 0 Å². The molecule has 0 aliphatic carbocycles. The number of carbonyl (C=O) groups is 2. The van der Waals surface area contributed by atoms with Crippen LogP contribution in [0, 0.1) is 0 Å². The molecule has 0 bridgehead atoms. The number of hydrogen-bond donors (Lipinski definition) is 2. The molecule has 9 heteroatoms. The van der Waals surface area contributed by atoms with E-state index >= 15 is 0 Å². The normalized spacial score (nSPS) is 10.9. The van der Waals surface area contributed by atoms with Gasteiger partial charge in [0.05, 0.1) is 12.7 Å². The molecule has 0 fully saturated rings. The molecule has 166 valence electrons. The number of amides is 2. The van der Waals surface area contributed by atoms with Crippen LogP contribution in [0.4, 0.5) is 24.5 Å². The Morgan fingerprint density at radius 2 is 1.50 bits per heavy atom. The Morgan fingerprint density at radius 3 is 2.16 bits per heavy atom. The van der Waals surface area contributed by atoms with Gasteiger partial charge < -0.3 is 20.1 Å². The molecule has 3 rings (SSSR count). The Kier molecular flexibility index (Phi) is 6.99. The second kappa shape index (κ2) is 9.86. The summed E-state index contributed by atoms with van der Waals surface area (Å²) < 4.78 is 48.9. The Bertz CT molecular complexity index is 1100. The van der Waals surface area contributed by atoms with E-state index in [0.717, 1.165) is 12.1 Å². The largest absolute Gasteiger partial charge is 0.497 e. The van der Waals surface area contributed by atoms with Gasteiger partial charge in [-0.2, -0.15) is 13.2 Å². The zero-order valence-corrected chi connectivity index (χ0v) is 16.9. The maximum absolute atomic E-state index is 12.8. The van der Waals surface area contributed by atoms with Gasteiger partial charge in [-0.15, -0.1) is 0 Å². The molecule has 0 saturated heterocycles. The standard InChI is InChI=1S/C23H19F3N2O4/c1-31-20-7-3-6-18(13-20)27-21(29)14-32-19-10-8-15(9-11-19)22(30)28-17-5-2-4-16(12-17)23(24,25)26/h2-13H,14H2,1H3,(H,27,29)(H,28,30). The van der Waals surface area contributed by atoms with Crippen molar-refractivity contribution in [1.82, 2.24) is 0 Å². The maximum Gasteiger partial charge on any atom is 0.416 e. The van der Waals surface area contributed by atoms with Gasteiger partial charge in [0.2, 0.25) is 0 Å². The SMILES string of the molecule is COc1cccc(NC(=O)COc2ccc(C(=O)Nc3cccc(C(F)(F)F)c3)cc2)c1. The molecule has 0 aromatic heterocycles. The number of nitrogens with one attached hydrogen (secondary N) is 2. The van der Waals surface area contributed by atoms with E-state index in [1.807, 2.05) is 0 Å². The molecule has 0 unspecified atom stereocenters. The van der Waals surface area contributed by atoms with Gasteiger partial charge in [0.25, 0.3) is 11.8 Å². The fraction of sp³-hybridized carbons (Fsp3) is 0.130. The quantitative estimate of drug-likeness (QED) is 0.539. The molecule has 0 radical (unpaired) electrons. The van der Waals surface area contributed by atoms with Gasteiger partial charge in [0.15, 0.2) is 6.61 Å². The van der Waals surface area contributed by atoms with Crippen LogP contribution >= 0.6 is 0 Å². The van der Waals surface area contributed by atoms with Crippen LogP contribution in [0.1, 0.15) is 15.9 Å². The first kappa shape index (κ1) is 22.7. The zero-order chi connectivity index (χ0) is 23.1. The van der Waals surface area contributed by atoms with Crippen molar-refractivity contribution < 1.29 is 32.2 Å². The van der Waals surface area contributed by atoms with E-state index in [2.05, 4.69) is 10.6 Å². The van der Waals surface area contributed by atoms with E-state index in [0.29, 0.717) is 17.2 Å². The van der Waals surface area contributed by atoms with E-state index in [1.165, 1.54) is 43.5 Å². The second-order valence-corrected chi connectivity index (χ2v) is 6.63. The minimum Gasteiger partial charge on any atom is -0.497 e. The average molecular weight is 444 g/mol. The lowest BCUT2D eigenvalue weighted by atomic mass is 10.1. The molecular formula is C23H19F3N2O4. The molecule has 0 saturated carbocycles. The highest BCUT2D eigenvalue weighted by atomic mass is 19.4. The first-order valence-electron chi connectivity index (χ1n) is 9.40. The van der Waals surface area contributed by atoms with E-state index in [9.17, 15) is 22.8 Å². The Balaban J connectivity index is 1.54. The van der Waals surface area contributed by atoms with Crippen molar-refractivity contribution in [3.8, 4) is 11.5 Å². The molecule has 2 N–H and O–H groups in total. The van der Waals surface area contributed by atoms with Crippen molar-refractivity contribution in [3.63, 3.8) is 0 Å². The third-order valence-corrected chi connectivity index (χ3v) is 4.29. The summed E-state index contributed by atoms with van der Waals surface area (Å²) in [4.78, 5) is 24.3. The lowest BCUT2D eigenvalue weighted by molar-refractivity contribution is -0.137. The van der Waals surface area contributed by atoms with E-state index in [-0.39, 0.29) is 23.8 Å². The molecule has 0 aliphatic heterocycles. The third kappa shape index (κ3) is 6.24. The molecule has 6 nitrogen and oxygen atoms in total. The number of halogens is 3. The summed E-state index contributed by atoms with van der Waals surface area (Å²) in [5, 5.41) is 5.09. The number of carbonyl (C=O) groups excluding carboxylic acids is 2. The van der Waals surface area contributed by atoms with Gasteiger partial charge in [-0.05, 0) is 54.6 Å². The smallest absolute Gasteiger partial charge is 0.416 e. The van der Waals surface area contributed by atoms with Crippen LogP contribution in [0.15, 0.2) is 72.8 Å². The highest BCUT2D eigenvalue weighted by molar-refractivity contribution is 6.04. The van der Waals surface area contributed by atoms with Crippen molar-refractivity contribution in [2.75, 3.05) is 24.4 Å². The first-order valence-corrected chi connectivity index (χ1v) is 9.40. The summed E-state index contributed by atoms with van der Waals surface area (Å²) in [7, 11) is 1.52. The van der Waals surface area contributed by atoms with Crippen molar-refractivity contribution in [3.05, 3.63) is 83.9 Å². The van der Waals surface area contributed by atoms with Crippen LogP contribution in [0.5, 0.6) is 11.5 Å². The number of ether oxygens (including phenoxy) is 2. The van der Waals surface area contributed by atoms with Gasteiger partial charge >= 0.3 is 6.18 Å². The van der Waals surface area contributed by atoms with Gasteiger partial charge in [0, 0.05) is 23.0 Å². The van der Waals surface area contributed by atoms with E-state index in [4.69, 9.17) is 9.47 Å². The van der Waals surface area contributed by atoms with Crippen molar-refractivity contribution in [2.24, 2.45) is 0 Å². The minimum atomic E-state index is -4.50. The van der Waals surface area contributed by atoms with E-state index in [1.54, 1.807) is 24.3 Å². The monoisotopic (exact) mass is 444 g/mol. The summed E-state index contributed by atoms with van der Waals surface area (Å²) >= 11 is 0. The summed E-state index contributed by atoms with van der Waals surface area (Å²) in [5.41, 5.74) is -0.0548. The fourth-order valence-corrected chi connectivity index (χ4v) is 2.73. The van der Waals surface area contributed by atoms with Crippen LogP contribution in [0.2, 0.25) is 0 Å². The highest BCUT2D eigenvalue weighted by Gasteiger charge is 2.30. The summed E-state index contributed by atoms with van der Waals surface area (Å²) in [5.74, 6) is -0.0135. The van der Waals surface area contributed by atoms with Crippen LogP contribution in [0.3, 0.4) is 0 Å². The number of rotatable bonds is 7. The molecular weight excluding hydrogens is 425 g/mol. The van der Waals surface area contributed by atoms with Crippen LogP contribution in [-0.4, -0.2) is 25.5 Å². The van der Waals surface area contributed by atoms with Crippen molar-refractivity contribution >= 4 is 23.2 Å². The Morgan fingerprint density at radius 1 is 0.844 bits per heavy atom. The first-order chi connectivity index (χ1) is 15.2. The third-order valence-electron chi connectivity index (χ3n) is 4.29. The van der Waals surface area contributed by atoms with Crippen LogP contribution in [-0.2, 0) is 11.0 Å². The molecule has 0 atom stereocenters. The van der Waals surface area contributed by atoms with Crippen molar-refractivity contribution in [2.45, 2.75) is 6.18 Å². The van der Waals surface area contributed by atoms with Gasteiger partial charge in [0.1, 0.15) is 11.5 Å². The maximum atomic E-state index is 12.8. The Labute approximate surface area is 182 Å². The molecule has 32 heavy (non-hydrogen) atoms. The average Bonchev–Trinajstić information content (AvgIpc) is 2.78. The lowest BCUT2D eigenvalue weighted by Gasteiger charge is -2.11. The molecule has 2 amide bonds. The lowest BCUT2D eigenvalue weighted by Crippen LogP contribution is -2.20. The molecule has 0 heterocycles. The second-order valence-electron chi connectivity index (χ2n) is 6.63. The number of alkyl halides is 3. The molecule has 0 aliphatic rings. The fourth-order valence-electron chi connectivity index (χ4n) is 2.73.